The third kappa shape index (κ3) is 3.27. The zero-order chi connectivity index (χ0) is 20.5. The smallest absolute Gasteiger partial charge is 0.368 e. The van der Waals surface area contributed by atoms with Crippen LogP contribution in [-0.2, 0) is 7.05 Å². The van der Waals surface area contributed by atoms with E-state index in [1.54, 1.807) is 42.5 Å². The van der Waals surface area contributed by atoms with Gasteiger partial charge in [-0.25, -0.2) is 9.59 Å². The van der Waals surface area contributed by atoms with Crippen LogP contribution in [0.3, 0.4) is 0 Å². The van der Waals surface area contributed by atoms with Gasteiger partial charge in [-0.15, -0.1) is 0 Å². The molecule has 29 heavy (non-hydrogen) atoms. The lowest BCUT2D eigenvalue weighted by Gasteiger charge is -2.07. The first-order valence-corrected chi connectivity index (χ1v) is 8.49. The number of para-hydroxylation sites is 1. The summed E-state index contributed by atoms with van der Waals surface area (Å²) in [5.41, 5.74) is -0.122. The molecular weight excluding hydrogens is 378 g/mol. The second-order valence-corrected chi connectivity index (χ2v) is 6.12. The Bertz CT molecular complexity index is 1330. The molecule has 0 saturated carbocycles. The second kappa shape index (κ2) is 7.08. The van der Waals surface area contributed by atoms with Gasteiger partial charge in [0, 0.05) is 18.1 Å². The monoisotopic (exact) mass is 393 g/mol. The Labute approximate surface area is 162 Å². The average Bonchev–Trinajstić information content (AvgIpc) is 3.06. The number of anilines is 1. The number of nitrogens with zero attached hydrogens (tertiary/aromatic N) is 4. The molecule has 0 spiro atoms. The fourth-order valence-electron chi connectivity index (χ4n) is 2.80. The Hall–Kier alpha value is -4.21. The topological polar surface area (TPSA) is 121 Å². The molecule has 1 amide bonds. The third-order valence-corrected chi connectivity index (χ3v) is 4.28. The van der Waals surface area contributed by atoms with Crippen molar-refractivity contribution in [3.8, 4) is 11.4 Å². The largest absolute Gasteiger partial charge is 0.493 e. The molecule has 0 aliphatic carbocycles. The number of nitrogens with one attached hydrogen (secondary N) is 1. The van der Waals surface area contributed by atoms with E-state index in [-0.39, 0.29) is 11.1 Å². The van der Waals surface area contributed by atoms with Gasteiger partial charge < -0.3 is 14.5 Å². The molecule has 10 nitrogen and oxygen atoms in total. The number of hydrogen-bond acceptors (Lipinski definition) is 7. The number of rotatable bonds is 4. The van der Waals surface area contributed by atoms with Crippen molar-refractivity contribution in [3.63, 3.8) is 0 Å². The van der Waals surface area contributed by atoms with Gasteiger partial charge in [0.1, 0.15) is 5.56 Å². The van der Waals surface area contributed by atoms with E-state index in [0.29, 0.717) is 22.5 Å². The number of ether oxygens (including phenoxy) is 1. The zero-order valence-corrected chi connectivity index (χ0v) is 15.4. The van der Waals surface area contributed by atoms with E-state index >= 15 is 0 Å². The van der Waals surface area contributed by atoms with Crippen LogP contribution in [-0.4, -0.2) is 32.8 Å². The summed E-state index contributed by atoms with van der Waals surface area (Å²) in [6, 6.07) is 12.9. The minimum absolute atomic E-state index is 0.139. The first-order valence-electron chi connectivity index (χ1n) is 8.49. The third-order valence-electron chi connectivity index (χ3n) is 4.28. The predicted octanol–water partition coefficient (Wildman–Crippen LogP) is 1.33. The fourth-order valence-corrected chi connectivity index (χ4v) is 2.80. The van der Waals surface area contributed by atoms with Gasteiger partial charge in [-0.05, 0) is 46.8 Å². The number of aryl methyl sites for hydroxylation is 1. The quantitative estimate of drug-likeness (QED) is 0.519. The Kier molecular flexibility index (Phi) is 4.43. The van der Waals surface area contributed by atoms with Gasteiger partial charge in [-0.3, -0.25) is 4.79 Å². The van der Waals surface area contributed by atoms with E-state index in [2.05, 4.69) is 15.7 Å². The first-order chi connectivity index (χ1) is 14.0. The van der Waals surface area contributed by atoms with Crippen LogP contribution >= 0.6 is 0 Å². The van der Waals surface area contributed by atoms with Gasteiger partial charge in [0.05, 0.1) is 12.8 Å². The van der Waals surface area contributed by atoms with Crippen molar-refractivity contribution in [2.45, 2.75) is 0 Å². The number of tetrazole rings is 1. The maximum atomic E-state index is 12.6. The summed E-state index contributed by atoms with van der Waals surface area (Å²) in [6.07, 6.45) is 0. The second-order valence-electron chi connectivity index (χ2n) is 6.12. The van der Waals surface area contributed by atoms with Crippen LogP contribution in [0.2, 0.25) is 0 Å². The number of carbonyl (C=O) groups excluding carboxylic acids is 1. The number of amides is 1. The molecule has 0 atom stereocenters. The highest BCUT2D eigenvalue weighted by atomic mass is 16.5. The summed E-state index contributed by atoms with van der Waals surface area (Å²) in [5, 5.41) is 10.6. The summed E-state index contributed by atoms with van der Waals surface area (Å²) in [5.74, 6) is -0.214. The number of fused-ring (bicyclic) bond motifs is 1. The lowest BCUT2D eigenvalue weighted by molar-refractivity contribution is 0.102. The highest BCUT2D eigenvalue weighted by molar-refractivity contribution is 6.05. The molecule has 0 bridgehead atoms. The molecule has 0 saturated heterocycles. The number of carbonyl (C=O) groups is 1. The van der Waals surface area contributed by atoms with Crippen molar-refractivity contribution in [3.05, 3.63) is 75.0 Å². The van der Waals surface area contributed by atoms with E-state index in [0.717, 1.165) is 9.36 Å². The van der Waals surface area contributed by atoms with E-state index in [4.69, 9.17) is 9.15 Å². The van der Waals surface area contributed by atoms with Crippen LogP contribution in [0.25, 0.3) is 16.7 Å². The SMILES string of the molecule is COc1cccc2cc(C(=O)Nc3ccc(-n4nnn(C)c4=O)cc3)c(=O)oc12. The lowest BCUT2D eigenvalue weighted by atomic mass is 10.1. The summed E-state index contributed by atoms with van der Waals surface area (Å²) < 4.78 is 12.7. The van der Waals surface area contributed by atoms with Crippen LogP contribution in [0.4, 0.5) is 5.69 Å². The summed E-state index contributed by atoms with van der Waals surface area (Å²) in [6.45, 7) is 0. The molecule has 2 aromatic heterocycles. The van der Waals surface area contributed by atoms with Crippen LogP contribution in [0.5, 0.6) is 5.75 Å². The molecule has 2 aromatic carbocycles. The molecule has 4 aromatic rings. The van der Waals surface area contributed by atoms with Crippen molar-refractivity contribution in [1.29, 1.82) is 0 Å². The van der Waals surface area contributed by atoms with Gasteiger partial charge in [-0.2, -0.15) is 9.36 Å². The van der Waals surface area contributed by atoms with Gasteiger partial charge >= 0.3 is 11.3 Å². The number of benzene rings is 2. The molecule has 0 unspecified atom stereocenters. The summed E-state index contributed by atoms with van der Waals surface area (Å²) in [4.78, 5) is 36.7. The van der Waals surface area contributed by atoms with Gasteiger partial charge in [0.25, 0.3) is 5.91 Å². The number of hydrogen-bond donors (Lipinski definition) is 1. The molecule has 0 aliphatic rings. The Balaban J connectivity index is 1.61. The first kappa shape index (κ1) is 18.2. The number of methoxy groups -OCH3 is 1. The molecule has 10 heteroatoms. The summed E-state index contributed by atoms with van der Waals surface area (Å²) in [7, 11) is 2.96. The average molecular weight is 393 g/mol. The maximum Gasteiger partial charge on any atom is 0.368 e. The minimum atomic E-state index is -0.776. The minimum Gasteiger partial charge on any atom is -0.493 e. The van der Waals surface area contributed by atoms with Crippen molar-refractivity contribution < 1.29 is 13.9 Å². The Morgan fingerprint density at radius 2 is 1.86 bits per heavy atom. The van der Waals surface area contributed by atoms with E-state index in [1.165, 1.54) is 20.2 Å². The highest BCUT2D eigenvalue weighted by Gasteiger charge is 2.16. The molecule has 0 fully saturated rings. The molecule has 0 aliphatic heterocycles. The Morgan fingerprint density at radius 1 is 1.10 bits per heavy atom. The molecular formula is C19H15N5O5. The van der Waals surface area contributed by atoms with Crippen LogP contribution in [0.15, 0.2) is 62.5 Å². The zero-order valence-electron chi connectivity index (χ0n) is 15.4. The molecule has 0 radical (unpaired) electrons. The predicted molar refractivity (Wildman–Crippen MR) is 104 cm³/mol. The van der Waals surface area contributed by atoms with Gasteiger partial charge in [-0.1, -0.05) is 12.1 Å². The fraction of sp³-hybridized carbons (Fsp3) is 0.105. The van der Waals surface area contributed by atoms with Gasteiger partial charge in [0.2, 0.25) is 0 Å². The summed E-state index contributed by atoms with van der Waals surface area (Å²) >= 11 is 0. The normalized spacial score (nSPS) is 10.8. The van der Waals surface area contributed by atoms with Crippen LogP contribution in [0, 0.1) is 0 Å². The molecule has 1 N–H and O–H groups in total. The van der Waals surface area contributed by atoms with Crippen molar-refractivity contribution in [2.75, 3.05) is 12.4 Å². The van der Waals surface area contributed by atoms with Crippen molar-refractivity contribution in [2.24, 2.45) is 7.05 Å². The standard InChI is InChI=1S/C19H15N5O5/c1-23-19(27)24(22-21-23)13-8-6-12(7-9-13)20-17(25)14-10-11-4-3-5-15(28-2)16(11)29-18(14)26/h3-10H,1-2H3,(H,20,25). The highest BCUT2D eigenvalue weighted by Crippen LogP contribution is 2.24. The van der Waals surface area contributed by atoms with Crippen molar-refractivity contribution >= 4 is 22.6 Å². The van der Waals surface area contributed by atoms with Crippen LogP contribution < -0.4 is 21.4 Å². The Morgan fingerprint density at radius 3 is 2.52 bits per heavy atom. The lowest BCUT2D eigenvalue weighted by Crippen LogP contribution is -2.22. The molecule has 2 heterocycles. The van der Waals surface area contributed by atoms with Crippen molar-refractivity contribution in [1.82, 2.24) is 19.8 Å². The van der Waals surface area contributed by atoms with E-state index in [1.807, 2.05) is 0 Å². The number of aromatic nitrogens is 4. The van der Waals surface area contributed by atoms with Gasteiger partial charge in [0.15, 0.2) is 11.3 Å². The van der Waals surface area contributed by atoms with E-state index in [9.17, 15) is 14.4 Å². The van der Waals surface area contributed by atoms with E-state index < -0.39 is 17.2 Å². The molecule has 4 rings (SSSR count). The van der Waals surface area contributed by atoms with Crippen LogP contribution in [0.1, 0.15) is 10.4 Å². The maximum absolute atomic E-state index is 12.6. The molecule has 146 valence electrons.